The molecule has 1 fully saturated rings. The van der Waals surface area contributed by atoms with Gasteiger partial charge in [0.25, 0.3) is 5.91 Å². The van der Waals surface area contributed by atoms with E-state index in [1.165, 1.54) is 0 Å². The van der Waals surface area contributed by atoms with Crippen molar-refractivity contribution >= 4 is 11.6 Å². The van der Waals surface area contributed by atoms with Gasteiger partial charge in [0.2, 0.25) is 0 Å². The van der Waals surface area contributed by atoms with Crippen LogP contribution < -0.4 is 5.73 Å². The number of hydrogen-bond donors (Lipinski definition) is 2. The molecule has 0 saturated carbocycles. The minimum Gasteiger partial charge on any atom is -0.395 e. The van der Waals surface area contributed by atoms with Gasteiger partial charge in [0.1, 0.15) is 0 Å². The van der Waals surface area contributed by atoms with Gasteiger partial charge in [0.15, 0.2) is 5.69 Å². The topological polar surface area (TPSA) is 84.2 Å². The minimum atomic E-state index is -0.117. The van der Waals surface area contributed by atoms with Crippen LogP contribution in [0.25, 0.3) is 0 Å². The number of morpholine rings is 1. The highest BCUT2D eigenvalue weighted by atomic mass is 16.5. The standard InChI is InChI=1S/C11H18N4O2/c1-7(2)9-8(12)10(14-13-9)11(16)15-3-5-17-6-4-15/h7H,3-6,12H2,1-2H3,(H,13,14). The fourth-order valence-electron chi connectivity index (χ4n) is 1.88. The summed E-state index contributed by atoms with van der Waals surface area (Å²) in [6.45, 7) is 6.37. The van der Waals surface area contributed by atoms with Crippen LogP contribution in [-0.4, -0.2) is 47.3 Å². The van der Waals surface area contributed by atoms with E-state index >= 15 is 0 Å². The highest BCUT2D eigenvalue weighted by Gasteiger charge is 2.24. The molecule has 2 heterocycles. The van der Waals surface area contributed by atoms with Crippen molar-refractivity contribution in [2.45, 2.75) is 19.8 Å². The first kappa shape index (κ1) is 11.9. The van der Waals surface area contributed by atoms with Crippen molar-refractivity contribution in [3.8, 4) is 0 Å². The lowest BCUT2D eigenvalue weighted by atomic mass is 10.1. The molecule has 17 heavy (non-hydrogen) atoms. The predicted octanol–water partition coefficient (Wildman–Crippen LogP) is 0.588. The third kappa shape index (κ3) is 2.26. The number of nitrogen functional groups attached to an aromatic ring is 1. The first-order chi connectivity index (χ1) is 8.11. The minimum absolute atomic E-state index is 0.117. The van der Waals surface area contributed by atoms with E-state index in [9.17, 15) is 4.79 Å². The molecule has 0 aliphatic carbocycles. The van der Waals surface area contributed by atoms with Crippen molar-refractivity contribution in [1.29, 1.82) is 0 Å². The second-order valence-electron chi connectivity index (χ2n) is 4.46. The molecule has 0 radical (unpaired) electrons. The Hall–Kier alpha value is -1.56. The Labute approximate surface area is 100 Å². The van der Waals surface area contributed by atoms with Crippen molar-refractivity contribution in [3.05, 3.63) is 11.4 Å². The molecule has 1 amide bonds. The summed E-state index contributed by atoms with van der Waals surface area (Å²) in [5.74, 6) is 0.114. The first-order valence-electron chi connectivity index (χ1n) is 5.82. The lowest BCUT2D eigenvalue weighted by Gasteiger charge is -2.26. The molecule has 0 aromatic carbocycles. The van der Waals surface area contributed by atoms with E-state index in [0.29, 0.717) is 37.7 Å². The number of aromatic nitrogens is 2. The highest BCUT2D eigenvalue weighted by Crippen LogP contribution is 2.23. The Morgan fingerprint density at radius 1 is 1.47 bits per heavy atom. The van der Waals surface area contributed by atoms with Crippen LogP contribution in [0.4, 0.5) is 5.69 Å². The number of H-pyrrole nitrogens is 1. The maximum Gasteiger partial charge on any atom is 0.276 e. The molecular weight excluding hydrogens is 220 g/mol. The Morgan fingerprint density at radius 3 is 2.65 bits per heavy atom. The Bertz CT molecular complexity index is 408. The normalized spacial score (nSPS) is 16.5. The van der Waals surface area contributed by atoms with E-state index in [-0.39, 0.29) is 11.8 Å². The summed E-state index contributed by atoms with van der Waals surface area (Å²) >= 11 is 0. The van der Waals surface area contributed by atoms with Gasteiger partial charge in [-0.25, -0.2) is 0 Å². The molecule has 1 aromatic heterocycles. The van der Waals surface area contributed by atoms with Crippen LogP contribution in [0, 0.1) is 0 Å². The van der Waals surface area contributed by atoms with E-state index in [0.717, 1.165) is 5.69 Å². The number of rotatable bonds is 2. The molecule has 94 valence electrons. The van der Waals surface area contributed by atoms with Crippen molar-refractivity contribution in [1.82, 2.24) is 15.1 Å². The van der Waals surface area contributed by atoms with Crippen LogP contribution >= 0.6 is 0 Å². The molecule has 0 spiro atoms. The Kier molecular flexibility index (Phi) is 3.33. The Balaban J connectivity index is 2.19. The van der Waals surface area contributed by atoms with Crippen LogP contribution in [0.5, 0.6) is 0 Å². The summed E-state index contributed by atoms with van der Waals surface area (Å²) in [4.78, 5) is 13.9. The number of nitrogens with zero attached hydrogens (tertiary/aromatic N) is 2. The van der Waals surface area contributed by atoms with Crippen LogP contribution in [0.3, 0.4) is 0 Å². The van der Waals surface area contributed by atoms with Gasteiger partial charge in [0.05, 0.1) is 24.6 Å². The van der Waals surface area contributed by atoms with Gasteiger partial charge < -0.3 is 15.4 Å². The third-order valence-electron chi connectivity index (χ3n) is 2.91. The maximum absolute atomic E-state index is 12.2. The number of nitrogens with one attached hydrogen (secondary N) is 1. The molecule has 1 aliphatic heterocycles. The van der Waals surface area contributed by atoms with E-state index in [1.807, 2.05) is 13.8 Å². The molecule has 1 aliphatic rings. The largest absolute Gasteiger partial charge is 0.395 e. The van der Waals surface area contributed by atoms with E-state index in [1.54, 1.807) is 4.90 Å². The predicted molar refractivity (Wildman–Crippen MR) is 63.8 cm³/mol. The van der Waals surface area contributed by atoms with Crippen molar-refractivity contribution in [3.63, 3.8) is 0 Å². The van der Waals surface area contributed by atoms with Gasteiger partial charge in [0, 0.05) is 13.1 Å². The zero-order chi connectivity index (χ0) is 12.4. The summed E-state index contributed by atoms with van der Waals surface area (Å²) in [6, 6.07) is 0. The fourth-order valence-corrected chi connectivity index (χ4v) is 1.88. The second kappa shape index (κ2) is 4.75. The fraction of sp³-hybridized carbons (Fsp3) is 0.636. The van der Waals surface area contributed by atoms with Crippen LogP contribution in [0.2, 0.25) is 0 Å². The smallest absolute Gasteiger partial charge is 0.276 e. The second-order valence-corrected chi connectivity index (χ2v) is 4.46. The van der Waals surface area contributed by atoms with E-state index in [2.05, 4.69) is 10.2 Å². The van der Waals surface area contributed by atoms with Crippen LogP contribution in [0.1, 0.15) is 35.9 Å². The molecular formula is C11H18N4O2. The molecule has 0 bridgehead atoms. The third-order valence-corrected chi connectivity index (χ3v) is 2.91. The molecule has 1 aromatic rings. The lowest BCUT2D eigenvalue weighted by Crippen LogP contribution is -2.41. The number of hydrogen-bond acceptors (Lipinski definition) is 4. The molecule has 0 atom stereocenters. The average molecular weight is 238 g/mol. The average Bonchev–Trinajstić information content (AvgIpc) is 2.71. The monoisotopic (exact) mass is 238 g/mol. The highest BCUT2D eigenvalue weighted by molar-refractivity contribution is 5.97. The number of carbonyl (C=O) groups is 1. The molecule has 1 saturated heterocycles. The molecule has 6 nitrogen and oxygen atoms in total. The van der Waals surface area contributed by atoms with Gasteiger partial charge in [-0.1, -0.05) is 13.8 Å². The number of nitrogens with two attached hydrogens (primary N) is 1. The number of carbonyl (C=O) groups excluding carboxylic acids is 1. The van der Waals surface area contributed by atoms with Gasteiger partial charge in [-0.05, 0) is 5.92 Å². The summed E-state index contributed by atoms with van der Waals surface area (Å²) < 4.78 is 5.21. The molecule has 6 heteroatoms. The lowest BCUT2D eigenvalue weighted by molar-refractivity contribution is 0.0299. The van der Waals surface area contributed by atoms with E-state index < -0.39 is 0 Å². The Morgan fingerprint density at radius 2 is 2.12 bits per heavy atom. The summed E-state index contributed by atoms with van der Waals surface area (Å²) in [5, 5.41) is 6.87. The number of anilines is 1. The number of ether oxygens (including phenoxy) is 1. The van der Waals surface area contributed by atoms with Crippen molar-refractivity contribution in [2.24, 2.45) is 0 Å². The summed E-state index contributed by atoms with van der Waals surface area (Å²) in [6.07, 6.45) is 0. The van der Waals surface area contributed by atoms with E-state index in [4.69, 9.17) is 10.5 Å². The first-order valence-corrected chi connectivity index (χ1v) is 5.82. The number of amides is 1. The molecule has 0 unspecified atom stereocenters. The van der Waals surface area contributed by atoms with Crippen LogP contribution in [0.15, 0.2) is 0 Å². The van der Waals surface area contributed by atoms with Gasteiger partial charge >= 0.3 is 0 Å². The quantitative estimate of drug-likeness (QED) is 0.789. The van der Waals surface area contributed by atoms with Gasteiger partial charge in [-0.3, -0.25) is 9.89 Å². The van der Waals surface area contributed by atoms with Gasteiger partial charge in [-0.2, -0.15) is 5.10 Å². The molecule has 2 rings (SSSR count). The zero-order valence-corrected chi connectivity index (χ0v) is 10.2. The number of aromatic amines is 1. The van der Waals surface area contributed by atoms with Crippen LogP contribution in [-0.2, 0) is 4.74 Å². The SMILES string of the molecule is CC(C)c1[nH]nc(C(=O)N2CCOCC2)c1N. The zero-order valence-electron chi connectivity index (χ0n) is 10.2. The van der Waals surface area contributed by atoms with Crippen molar-refractivity contribution < 1.29 is 9.53 Å². The summed E-state index contributed by atoms with van der Waals surface area (Å²) in [5.41, 5.74) is 7.56. The molecule has 3 N–H and O–H groups in total. The summed E-state index contributed by atoms with van der Waals surface area (Å²) in [7, 11) is 0. The maximum atomic E-state index is 12.2. The van der Waals surface area contributed by atoms with Crippen molar-refractivity contribution in [2.75, 3.05) is 32.0 Å². The van der Waals surface area contributed by atoms with Gasteiger partial charge in [-0.15, -0.1) is 0 Å².